The molecule has 0 saturated carbocycles. The van der Waals surface area contributed by atoms with Gasteiger partial charge in [-0.15, -0.1) is 0 Å². The van der Waals surface area contributed by atoms with Gasteiger partial charge in [0.2, 0.25) is 0 Å². The number of benzene rings is 2. The first-order chi connectivity index (χ1) is 12.2. The highest BCUT2D eigenvalue weighted by atomic mass is 35.5. The third-order valence-corrected chi connectivity index (χ3v) is 4.27. The largest absolute Gasteiger partial charge is 0.361 e. The van der Waals surface area contributed by atoms with E-state index in [0.717, 1.165) is 16.5 Å². The molecule has 5 heteroatoms. The van der Waals surface area contributed by atoms with Crippen LogP contribution in [0.1, 0.15) is 11.1 Å². The van der Waals surface area contributed by atoms with Gasteiger partial charge in [-0.25, -0.2) is 0 Å². The molecule has 0 spiro atoms. The minimum atomic E-state index is -0.401. The fourth-order valence-electron chi connectivity index (χ4n) is 2.64. The SMILES string of the molecule is N#C/C(=C/c1ccccc1Cl)C(=O)NCCc1c[nH]c2ccccc12. The second-order valence-corrected chi connectivity index (χ2v) is 5.96. The maximum absolute atomic E-state index is 12.2. The Morgan fingerprint density at radius 3 is 2.76 bits per heavy atom. The lowest BCUT2D eigenvalue weighted by Gasteiger charge is -2.04. The van der Waals surface area contributed by atoms with Crippen LogP contribution in [0.3, 0.4) is 0 Å². The standard InChI is InChI=1S/C20H16ClN3O/c21-18-7-3-1-5-14(18)11-16(12-22)20(25)23-10-9-15-13-24-19-8-4-2-6-17(15)19/h1-8,11,13,24H,9-10H2,(H,23,25)/b16-11-. The Bertz CT molecular complexity index is 982. The van der Waals surface area contributed by atoms with E-state index in [0.29, 0.717) is 23.6 Å². The number of hydrogen-bond donors (Lipinski definition) is 2. The third-order valence-electron chi connectivity index (χ3n) is 3.92. The van der Waals surface area contributed by atoms with E-state index in [-0.39, 0.29) is 5.57 Å². The summed E-state index contributed by atoms with van der Waals surface area (Å²) in [5.41, 5.74) is 2.88. The molecule has 0 aliphatic carbocycles. The number of aromatic nitrogens is 1. The second-order valence-electron chi connectivity index (χ2n) is 5.56. The zero-order chi connectivity index (χ0) is 17.6. The lowest BCUT2D eigenvalue weighted by molar-refractivity contribution is -0.117. The van der Waals surface area contributed by atoms with Crippen molar-refractivity contribution in [2.24, 2.45) is 0 Å². The normalized spacial score (nSPS) is 11.3. The molecule has 25 heavy (non-hydrogen) atoms. The first-order valence-corrected chi connectivity index (χ1v) is 8.26. The quantitative estimate of drug-likeness (QED) is 0.538. The van der Waals surface area contributed by atoms with Crippen molar-refractivity contribution in [2.75, 3.05) is 6.54 Å². The molecule has 0 aliphatic rings. The Morgan fingerprint density at radius 2 is 1.96 bits per heavy atom. The summed E-state index contributed by atoms with van der Waals surface area (Å²) >= 11 is 6.07. The topological polar surface area (TPSA) is 68.7 Å². The van der Waals surface area contributed by atoms with Crippen molar-refractivity contribution in [2.45, 2.75) is 6.42 Å². The van der Waals surface area contributed by atoms with Crippen LogP contribution in [0.5, 0.6) is 0 Å². The van der Waals surface area contributed by atoms with Gasteiger partial charge in [0.1, 0.15) is 11.6 Å². The van der Waals surface area contributed by atoms with E-state index in [9.17, 15) is 10.1 Å². The predicted octanol–water partition coefficient (Wildman–Crippen LogP) is 4.09. The number of halogens is 1. The first-order valence-electron chi connectivity index (χ1n) is 7.88. The van der Waals surface area contributed by atoms with Crippen LogP contribution in [0.15, 0.2) is 60.3 Å². The zero-order valence-corrected chi connectivity index (χ0v) is 14.2. The van der Waals surface area contributed by atoms with Gasteiger partial charge in [-0.1, -0.05) is 48.0 Å². The summed E-state index contributed by atoms with van der Waals surface area (Å²) in [6, 6.07) is 17.0. The van der Waals surface area contributed by atoms with Gasteiger partial charge in [0.05, 0.1) is 0 Å². The molecular weight excluding hydrogens is 334 g/mol. The number of nitrogens with zero attached hydrogens (tertiary/aromatic N) is 1. The van der Waals surface area contributed by atoms with Crippen LogP contribution >= 0.6 is 11.6 Å². The van der Waals surface area contributed by atoms with Crippen molar-refractivity contribution in [3.63, 3.8) is 0 Å². The lowest BCUT2D eigenvalue weighted by atomic mass is 10.1. The number of carbonyl (C=O) groups is 1. The highest BCUT2D eigenvalue weighted by Gasteiger charge is 2.10. The smallest absolute Gasteiger partial charge is 0.261 e. The molecule has 2 aromatic carbocycles. The minimum absolute atomic E-state index is 0.0343. The van der Waals surface area contributed by atoms with E-state index in [2.05, 4.69) is 10.3 Å². The van der Waals surface area contributed by atoms with E-state index in [1.807, 2.05) is 42.6 Å². The number of hydrogen-bond acceptors (Lipinski definition) is 2. The van der Waals surface area contributed by atoms with E-state index in [1.54, 1.807) is 18.2 Å². The van der Waals surface area contributed by atoms with Crippen molar-refractivity contribution >= 4 is 34.5 Å². The summed E-state index contributed by atoms with van der Waals surface area (Å²) in [6.45, 7) is 0.447. The summed E-state index contributed by atoms with van der Waals surface area (Å²) in [4.78, 5) is 15.4. The molecule has 0 unspecified atom stereocenters. The van der Waals surface area contributed by atoms with Gasteiger partial charge in [-0.3, -0.25) is 4.79 Å². The van der Waals surface area contributed by atoms with Gasteiger partial charge in [0.15, 0.2) is 0 Å². The summed E-state index contributed by atoms with van der Waals surface area (Å²) in [7, 11) is 0. The zero-order valence-electron chi connectivity index (χ0n) is 13.4. The lowest BCUT2D eigenvalue weighted by Crippen LogP contribution is -2.26. The second kappa shape index (κ2) is 7.69. The Labute approximate surface area is 150 Å². The molecule has 3 aromatic rings. The van der Waals surface area contributed by atoms with Crippen LogP contribution < -0.4 is 5.32 Å². The van der Waals surface area contributed by atoms with Crippen LogP contribution in [0.2, 0.25) is 5.02 Å². The van der Waals surface area contributed by atoms with Crippen LogP contribution in [-0.4, -0.2) is 17.4 Å². The predicted molar refractivity (Wildman–Crippen MR) is 100 cm³/mol. The average molecular weight is 350 g/mol. The van der Waals surface area contributed by atoms with Crippen LogP contribution in [-0.2, 0) is 11.2 Å². The monoisotopic (exact) mass is 349 g/mol. The number of nitrogens with one attached hydrogen (secondary N) is 2. The van der Waals surface area contributed by atoms with Crippen LogP contribution in [0.4, 0.5) is 0 Å². The number of rotatable bonds is 5. The van der Waals surface area contributed by atoms with Gasteiger partial charge in [-0.05, 0) is 35.8 Å². The number of fused-ring (bicyclic) bond motifs is 1. The van der Waals surface area contributed by atoms with Crippen molar-refractivity contribution in [1.29, 1.82) is 5.26 Å². The van der Waals surface area contributed by atoms with E-state index < -0.39 is 5.91 Å². The molecule has 1 amide bonds. The number of amides is 1. The first kappa shape index (κ1) is 16.8. The maximum Gasteiger partial charge on any atom is 0.261 e. The molecule has 1 aromatic heterocycles. The number of carbonyl (C=O) groups excluding carboxylic acids is 1. The molecule has 4 nitrogen and oxygen atoms in total. The maximum atomic E-state index is 12.2. The summed E-state index contributed by atoms with van der Waals surface area (Å²) in [5.74, 6) is -0.401. The highest BCUT2D eigenvalue weighted by molar-refractivity contribution is 6.32. The van der Waals surface area contributed by atoms with E-state index in [4.69, 9.17) is 11.6 Å². The number of aromatic amines is 1. The van der Waals surface area contributed by atoms with Gasteiger partial charge in [-0.2, -0.15) is 5.26 Å². The molecule has 0 saturated heterocycles. The number of nitriles is 1. The van der Waals surface area contributed by atoms with E-state index >= 15 is 0 Å². The molecule has 2 N–H and O–H groups in total. The fourth-order valence-corrected chi connectivity index (χ4v) is 2.83. The summed E-state index contributed by atoms with van der Waals surface area (Å²) in [5, 5.41) is 13.7. The van der Waals surface area contributed by atoms with Gasteiger partial charge >= 0.3 is 0 Å². The molecule has 0 atom stereocenters. The number of H-pyrrole nitrogens is 1. The van der Waals surface area contributed by atoms with Crippen LogP contribution in [0, 0.1) is 11.3 Å². The number of para-hydroxylation sites is 1. The fraction of sp³-hybridized carbons (Fsp3) is 0.100. The summed E-state index contributed by atoms with van der Waals surface area (Å²) < 4.78 is 0. The van der Waals surface area contributed by atoms with Crippen LogP contribution in [0.25, 0.3) is 17.0 Å². The minimum Gasteiger partial charge on any atom is -0.361 e. The molecule has 0 bridgehead atoms. The molecular formula is C20H16ClN3O. The average Bonchev–Trinajstić information content (AvgIpc) is 3.04. The Hall–Kier alpha value is -3.03. The summed E-state index contributed by atoms with van der Waals surface area (Å²) in [6.07, 6.45) is 4.13. The highest BCUT2D eigenvalue weighted by Crippen LogP contribution is 2.19. The van der Waals surface area contributed by atoms with E-state index in [1.165, 1.54) is 6.08 Å². The molecule has 0 fully saturated rings. The van der Waals surface area contributed by atoms with Crippen molar-refractivity contribution in [3.8, 4) is 6.07 Å². The van der Waals surface area contributed by atoms with Crippen molar-refractivity contribution in [1.82, 2.24) is 10.3 Å². The Balaban J connectivity index is 1.65. The molecule has 1 heterocycles. The van der Waals surface area contributed by atoms with Crippen molar-refractivity contribution in [3.05, 3.63) is 76.5 Å². The molecule has 3 rings (SSSR count). The van der Waals surface area contributed by atoms with Gasteiger partial charge in [0.25, 0.3) is 5.91 Å². The Morgan fingerprint density at radius 1 is 1.20 bits per heavy atom. The van der Waals surface area contributed by atoms with Gasteiger partial charge in [0, 0.05) is 28.7 Å². The van der Waals surface area contributed by atoms with Gasteiger partial charge < -0.3 is 10.3 Å². The Kier molecular flexibility index (Phi) is 5.17. The molecule has 0 aliphatic heterocycles. The molecule has 0 radical (unpaired) electrons. The molecule has 124 valence electrons. The van der Waals surface area contributed by atoms with Crippen molar-refractivity contribution < 1.29 is 4.79 Å². The third kappa shape index (κ3) is 3.90.